The second kappa shape index (κ2) is 9.31. The average molecular weight is 481 g/mol. The van der Waals surface area contributed by atoms with Gasteiger partial charge in [-0.2, -0.15) is 0 Å². The minimum absolute atomic E-state index is 0.0277. The van der Waals surface area contributed by atoms with Crippen molar-refractivity contribution in [3.05, 3.63) is 75.8 Å². The number of carbonyl (C=O) groups excluding carboxylic acids is 1. The molecule has 1 fully saturated rings. The molecule has 5 rings (SSSR count). The first kappa shape index (κ1) is 22.7. The van der Waals surface area contributed by atoms with E-state index in [4.69, 9.17) is 9.47 Å². The Morgan fingerprint density at radius 3 is 2.82 bits per heavy atom. The highest BCUT2D eigenvalue weighted by Crippen LogP contribution is 2.44. The van der Waals surface area contributed by atoms with Gasteiger partial charge in [-0.15, -0.1) is 11.8 Å². The zero-order valence-corrected chi connectivity index (χ0v) is 20.1. The summed E-state index contributed by atoms with van der Waals surface area (Å²) in [6.07, 6.45) is 3.23. The number of hydrogen-bond acceptors (Lipinski definition) is 6. The first-order valence-electron chi connectivity index (χ1n) is 11.4. The van der Waals surface area contributed by atoms with Crippen molar-refractivity contribution < 1.29 is 14.3 Å². The highest BCUT2D eigenvalue weighted by molar-refractivity contribution is 8.00. The van der Waals surface area contributed by atoms with Crippen molar-refractivity contribution in [1.82, 2.24) is 14.8 Å². The van der Waals surface area contributed by atoms with Crippen LogP contribution in [0, 0.1) is 0 Å². The van der Waals surface area contributed by atoms with Crippen molar-refractivity contribution in [3.8, 4) is 5.75 Å². The molecule has 0 saturated carbocycles. The number of para-hydroxylation sites is 1. The van der Waals surface area contributed by atoms with Gasteiger partial charge in [0, 0.05) is 18.4 Å². The Balaban J connectivity index is 1.52. The molecule has 3 aromatic rings. The van der Waals surface area contributed by atoms with Gasteiger partial charge in [0.15, 0.2) is 0 Å². The molecule has 1 saturated heterocycles. The van der Waals surface area contributed by atoms with E-state index in [-0.39, 0.29) is 34.1 Å². The SMILES string of the molecule is CC1(C)C[C@H](n2[nH]c(=O)c3c2NC(=O)CS[C@@H]3c2ccccc2OCc2ccccn2)CCO1. The topological polar surface area (TPSA) is 98.2 Å². The van der Waals surface area contributed by atoms with Gasteiger partial charge < -0.3 is 14.8 Å². The second-order valence-corrected chi connectivity index (χ2v) is 10.3. The number of nitrogens with zero attached hydrogens (tertiary/aromatic N) is 2. The Morgan fingerprint density at radius 1 is 1.21 bits per heavy atom. The maximum Gasteiger partial charge on any atom is 0.270 e. The Hall–Kier alpha value is -3.04. The summed E-state index contributed by atoms with van der Waals surface area (Å²) in [5.74, 6) is 1.34. The molecule has 1 amide bonds. The molecule has 34 heavy (non-hydrogen) atoms. The van der Waals surface area contributed by atoms with Crippen LogP contribution in [0.5, 0.6) is 5.75 Å². The molecule has 0 aliphatic carbocycles. The third-order valence-electron chi connectivity index (χ3n) is 6.20. The smallest absolute Gasteiger partial charge is 0.270 e. The molecule has 178 valence electrons. The maximum absolute atomic E-state index is 13.3. The number of carbonyl (C=O) groups is 1. The third-order valence-corrected chi connectivity index (χ3v) is 7.45. The number of hydrogen-bond donors (Lipinski definition) is 2. The minimum atomic E-state index is -0.355. The Labute approximate surface area is 202 Å². The van der Waals surface area contributed by atoms with E-state index in [1.54, 1.807) is 6.20 Å². The summed E-state index contributed by atoms with van der Waals surface area (Å²) >= 11 is 1.43. The molecule has 0 unspecified atom stereocenters. The molecule has 0 radical (unpaired) electrons. The van der Waals surface area contributed by atoms with Crippen molar-refractivity contribution in [2.45, 2.75) is 50.2 Å². The van der Waals surface area contributed by atoms with E-state index in [9.17, 15) is 9.59 Å². The first-order valence-corrected chi connectivity index (χ1v) is 12.5. The van der Waals surface area contributed by atoms with Gasteiger partial charge in [-0.25, -0.2) is 0 Å². The van der Waals surface area contributed by atoms with Gasteiger partial charge in [-0.3, -0.25) is 24.4 Å². The van der Waals surface area contributed by atoms with Crippen LogP contribution in [0.3, 0.4) is 0 Å². The van der Waals surface area contributed by atoms with E-state index in [1.165, 1.54) is 11.8 Å². The summed E-state index contributed by atoms with van der Waals surface area (Å²) in [4.78, 5) is 30.3. The highest BCUT2D eigenvalue weighted by Gasteiger charge is 2.36. The number of fused-ring (bicyclic) bond motifs is 1. The lowest BCUT2D eigenvalue weighted by molar-refractivity contribution is -0.113. The summed E-state index contributed by atoms with van der Waals surface area (Å²) in [5.41, 5.74) is 1.73. The van der Waals surface area contributed by atoms with E-state index >= 15 is 0 Å². The number of thioether (sulfide) groups is 1. The number of aromatic amines is 1. The van der Waals surface area contributed by atoms with Crippen molar-refractivity contribution >= 4 is 23.5 Å². The second-order valence-electron chi connectivity index (χ2n) is 9.21. The summed E-state index contributed by atoms with van der Waals surface area (Å²) in [7, 11) is 0. The molecule has 2 aliphatic heterocycles. The van der Waals surface area contributed by atoms with Gasteiger partial charge >= 0.3 is 0 Å². The van der Waals surface area contributed by atoms with Gasteiger partial charge in [-0.1, -0.05) is 24.3 Å². The van der Waals surface area contributed by atoms with Crippen molar-refractivity contribution in [2.75, 3.05) is 17.7 Å². The zero-order chi connectivity index (χ0) is 23.7. The lowest BCUT2D eigenvalue weighted by atomic mass is 9.94. The molecule has 2 aromatic heterocycles. The number of amides is 1. The monoisotopic (exact) mass is 480 g/mol. The molecule has 2 atom stereocenters. The van der Waals surface area contributed by atoms with E-state index in [2.05, 4.69) is 15.4 Å². The Bertz CT molecular complexity index is 1240. The van der Waals surface area contributed by atoms with Crippen LogP contribution in [0.15, 0.2) is 53.5 Å². The molecule has 2 aliphatic rings. The first-order chi connectivity index (χ1) is 16.4. The number of nitrogens with one attached hydrogen (secondary N) is 2. The number of benzene rings is 1. The predicted octanol–water partition coefficient (Wildman–Crippen LogP) is 4.06. The van der Waals surface area contributed by atoms with Gasteiger partial charge in [0.05, 0.1) is 33.9 Å². The summed E-state index contributed by atoms with van der Waals surface area (Å²) in [5, 5.41) is 5.65. The van der Waals surface area contributed by atoms with Crippen LogP contribution < -0.4 is 15.6 Å². The summed E-state index contributed by atoms with van der Waals surface area (Å²) < 4.78 is 13.8. The fraction of sp³-hybridized carbons (Fsp3) is 0.400. The van der Waals surface area contributed by atoms with E-state index in [0.29, 0.717) is 30.3 Å². The number of ether oxygens (including phenoxy) is 2. The van der Waals surface area contributed by atoms with Crippen LogP contribution in [0.25, 0.3) is 0 Å². The molecule has 0 bridgehead atoms. The van der Waals surface area contributed by atoms with Crippen LogP contribution in [0.2, 0.25) is 0 Å². The highest BCUT2D eigenvalue weighted by atomic mass is 32.2. The molecular formula is C25H28N4O4S. The summed E-state index contributed by atoms with van der Waals surface area (Å²) in [6.45, 7) is 5.01. The fourth-order valence-electron chi connectivity index (χ4n) is 4.65. The molecule has 9 heteroatoms. The molecular weight excluding hydrogens is 452 g/mol. The number of aromatic nitrogens is 3. The molecule has 0 spiro atoms. The largest absolute Gasteiger partial charge is 0.487 e. The number of anilines is 1. The number of rotatable bonds is 5. The third kappa shape index (κ3) is 4.63. The van der Waals surface area contributed by atoms with Crippen LogP contribution in [-0.4, -0.2) is 38.6 Å². The van der Waals surface area contributed by atoms with Gasteiger partial charge in [-0.05, 0) is 44.9 Å². The lowest BCUT2D eigenvalue weighted by Crippen LogP contribution is -2.36. The van der Waals surface area contributed by atoms with Crippen molar-refractivity contribution in [2.24, 2.45) is 0 Å². The molecule has 2 N–H and O–H groups in total. The van der Waals surface area contributed by atoms with E-state index < -0.39 is 0 Å². The van der Waals surface area contributed by atoms with Crippen molar-refractivity contribution in [3.63, 3.8) is 0 Å². The standard InChI is InChI=1S/C25H28N4O4S/c1-25(2)13-17(10-12-33-25)29-23-21(24(31)28-29)22(34-15-20(30)27-23)18-8-3-4-9-19(18)32-14-16-7-5-6-11-26-16/h3-9,11,17,22H,10,12-15H2,1-2H3,(H,27,30)(H,28,31)/t17-,22-/m1/s1. The molecule has 8 nitrogen and oxygen atoms in total. The average Bonchev–Trinajstić information content (AvgIpc) is 3.03. The van der Waals surface area contributed by atoms with Crippen LogP contribution >= 0.6 is 11.8 Å². The predicted molar refractivity (Wildman–Crippen MR) is 131 cm³/mol. The van der Waals surface area contributed by atoms with Crippen LogP contribution in [0.1, 0.15) is 54.8 Å². The van der Waals surface area contributed by atoms with E-state index in [0.717, 1.165) is 24.1 Å². The summed E-state index contributed by atoms with van der Waals surface area (Å²) in [6, 6.07) is 13.4. The van der Waals surface area contributed by atoms with Gasteiger partial charge in [0.25, 0.3) is 5.56 Å². The van der Waals surface area contributed by atoms with Crippen molar-refractivity contribution in [1.29, 1.82) is 0 Å². The lowest BCUT2D eigenvalue weighted by Gasteiger charge is -2.36. The van der Waals surface area contributed by atoms with E-state index in [1.807, 2.05) is 61.0 Å². The normalized spacial score (nSPS) is 21.9. The Kier molecular flexibility index (Phi) is 6.22. The molecule has 1 aromatic carbocycles. The maximum atomic E-state index is 13.3. The van der Waals surface area contributed by atoms with Gasteiger partial charge in [0.2, 0.25) is 5.91 Å². The number of pyridine rings is 1. The van der Waals surface area contributed by atoms with Crippen LogP contribution in [-0.2, 0) is 16.1 Å². The number of H-pyrrole nitrogens is 1. The zero-order valence-electron chi connectivity index (χ0n) is 19.2. The van der Waals surface area contributed by atoms with Gasteiger partial charge in [0.1, 0.15) is 18.2 Å². The van der Waals surface area contributed by atoms with Crippen LogP contribution in [0.4, 0.5) is 5.82 Å². The fourth-order valence-corrected chi connectivity index (χ4v) is 5.80. The Morgan fingerprint density at radius 2 is 2.03 bits per heavy atom. The minimum Gasteiger partial charge on any atom is -0.487 e. The quantitative estimate of drug-likeness (QED) is 0.572. The molecule has 4 heterocycles.